The van der Waals surface area contributed by atoms with E-state index in [1.165, 1.54) is 38.0 Å². The molecule has 25 heavy (non-hydrogen) atoms. The summed E-state index contributed by atoms with van der Waals surface area (Å²) in [6, 6.07) is 2.17. The summed E-state index contributed by atoms with van der Waals surface area (Å²) in [5.74, 6) is 2.27. The molecule has 2 aliphatic rings. The third-order valence-corrected chi connectivity index (χ3v) is 5.92. The summed E-state index contributed by atoms with van der Waals surface area (Å²) in [4.78, 5) is 7.18. The second-order valence-electron chi connectivity index (χ2n) is 7.54. The maximum atomic E-state index is 6.13. The summed E-state index contributed by atoms with van der Waals surface area (Å²) in [5.41, 5.74) is 1.38. The lowest BCUT2D eigenvalue weighted by molar-refractivity contribution is -0.0468. The summed E-state index contributed by atoms with van der Waals surface area (Å²) in [6.45, 7) is 4.31. The third kappa shape index (κ3) is 3.51. The molecule has 4 heterocycles. The number of hydrogen-bond acceptors (Lipinski definition) is 4. The first-order valence-electron chi connectivity index (χ1n) is 9.51. The summed E-state index contributed by atoms with van der Waals surface area (Å²) in [6.07, 6.45) is 10.8. The first kappa shape index (κ1) is 16.8. The molecule has 0 aromatic carbocycles. The lowest BCUT2D eigenvalue weighted by Gasteiger charge is -2.38. The van der Waals surface area contributed by atoms with Crippen molar-refractivity contribution in [3.05, 3.63) is 36.2 Å². The van der Waals surface area contributed by atoms with Crippen molar-refractivity contribution in [2.24, 2.45) is 20.0 Å². The van der Waals surface area contributed by atoms with Crippen molar-refractivity contribution in [2.45, 2.75) is 37.7 Å². The molecule has 0 amide bonds. The van der Waals surface area contributed by atoms with E-state index in [0.717, 1.165) is 25.4 Å². The van der Waals surface area contributed by atoms with E-state index in [-0.39, 0.29) is 6.10 Å². The lowest BCUT2D eigenvalue weighted by Crippen LogP contribution is -2.40. The van der Waals surface area contributed by atoms with Gasteiger partial charge in [0.1, 0.15) is 11.9 Å². The molecular formula is C19H29N5O. The van der Waals surface area contributed by atoms with Gasteiger partial charge in [0, 0.05) is 63.4 Å². The van der Waals surface area contributed by atoms with E-state index in [1.807, 2.05) is 23.3 Å². The van der Waals surface area contributed by atoms with Crippen molar-refractivity contribution in [3.8, 4) is 0 Å². The Bertz CT molecular complexity index is 686. The zero-order chi connectivity index (χ0) is 17.2. The highest BCUT2D eigenvalue weighted by molar-refractivity contribution is 5.09. The minimum absolute atomic E-state index is 0.142. The highest BCUT2D eigenvalue weighted by atomic mass is 16.5. The summed E-state index contributed by atoms with van der Waals surface area (Å²) >= 11 is 0. The minimum atomic E-state index is 0.142. The van der Waals surface area contributed by atoms with Gasteiger partial charge >= 0.3 is 0 Å². The molecule has 6 nitrogen and oxygen atoms in total. The van der Waals surface area contributed by atoms with Crippen LogP contribution in [0.1, 0.15) is 49.2 Å². The molecule has 6 heteroatoms. The zero-order valence-electron chi connectivity index (χ0n) is 15.3. The van der Waals surface area contributed by atoms with Crippen LogP contribution in [0.2, 0.25) is 0 Å². The molecule has 0 unspecified atom stereocenters. The monoisotopic (exact) mass is 343 g/mol. The van der Waals surface area contributed by atoms with E-state index in [2.05, 4.69) is 39.7 Å². The fourth-order valence-corrected chi connectivity index (χ4v) is 4.49. The van der Waals surface area contributed by atoms with Gasteiger partial charge in [-0.3, -0.25) is 4.68 Å². The van der Waals surface area contributed by atoms with Crippen LogP contribution in [-0.2, 0) is 18.8 Å². The molecule has 0 N–H and O–H groups in total. The predicted molar refractivity (Wildman–Crippen MR) is 96.2 cm³/mol. The van der Waals surface area contributed by atoms with Crippen molar-refractivity contribution < 1.29 is 4.74 Å². The normalized spacial score (nSPS) is 26.2. The van der Waals surface area contributed by atoms with Crippen molar-refractivity contribution in [2.75, 3.05) is 26.2 Å². The molecule has 2 aromatic heterocycles. The molecule has 2 aliphatic heterocycles. The fourth-order valence-electron chi connectivity index (χ4n) is 4.49. The van der Waals surface area contributed by atoms with Gasteiger partial charge in [0.2, 0.25) is 0 Å². The second kappa shape index (κ2) is 7.30. The van der Waals surface area contributed by atoms with Crippen LogP contribution in [0.25, 0.3) is 0 Å². The Morgan fingerprint density at radius 2 is 2.00 bits per heavy atom. The van der Waals surface area contributed by atoms with Crippen molar-refractivity contribution >= 4 is 0 Å². The van der Waals surface area contributed by atoms with Gasteiger partial charge in [-0.1, -0.05) is 0 Å². The molecule has 0 spiro atoms. The van der Waals surface area contributed by atoms with Gasteiger partial charge in [-0.15, -0.1) is 0 Å². The Morgan fingerprint density at radius 3 is 2.68 bits per heavy atom. The van der Waals surface area contributed by atoms with E-state index in [9.17, 15) is 0 Å². The van der Waals surface area contributed by atoms with Gasteiger partial charge in [-0.05, 0) is 44.8 Å². The van der Waals surface area contributed by atoms with Gasteiger partial charge in [-0.25, -0.2) is 4.98 Å². The van der Waals surface area contributed by atoms with Crippen LogP contribution in [0.5, 0.6) is 0 Å². The fraction of sp³-hybridized carbons (Fsp3) is 0.684. The van der Waals surface area contributed by atoms with E-state index in [0.29, 0.717) is 11.8 Å². The van der Waals surface area contributed by atoms with Gasteiger partial charge in [0.05, 0.1) is 0 Å². The zero-order valence-corrected chi connectivity index (χ0v) is 15.3. The topological polar surface area (TPSA) is 48.1 Å². The molecule has 4 rings (SSSR count). The van der Waals surface area contributed by atoms with Crippen molar-refractivity contribution in [1.82, 2.24) is 24.2 Å². The SMILES string of the molecule is Cn1ccnc1[C@@H]1OCCC[C@H]1CN1CCC(c2ccnn2C)CC1. The molecule has 0 saturated carbocycles. The van der Waals surface area contributed by atoms with E-state index in [4.69, 9.17) is 4.74 Å². The highest BCUT2D eigenvalue weighted by Gasteiger charge is 2.33. The average molecular weight is 343 g/mol. The highest BCUT2D eigenvalue weighted by Crippen LogP contribution is 2.35. The van der Waals surface area contributed by atoms with Crippen molar-refractivity contribution in [1.29, 1.82) is 0 Å². The molecule has 0 radical (unpaired) electrons. The largest absolute Gasteiger partial charge is 0.370 e. The maximum Gasteiger partial charge on any atom is 0.137 e. The molecule has 0 aliphatic carbocycles. The van der Waals surface area contributed by atoms with Crippen LogP contribution in [0, 0.1) is 5.92 Å². The minimum Gasteiger partial charge on any atom is -0.370 e. The Balaban J connectivity index is 1.37. The maximum absolute atomic E-state index is 6.13. The van der Waals surface area contributed by atoms with Crippen LogP contribution in [0.3, 0.4) is 0 Å². The van der Waals surface area contributed by atoms with Crippen molar-refractivity contribution in [3.63, 3.8) is 0 Å². The van der Waals surface area contributed by atoms with E-state index in [1.54, 1.807) is 0 Å². The summed E-state index contributed by atoms with van der Waals surface area (Å²) in [7, 11) is 4.12. The third-order valence-electron chi connectivity index (χ3n) is 5.92. The van der Waals surface area contributed by atoms with Crippen LogP contribution in [0.15, 0.2) is 24.7 Å². The van der Waals surface area contributed by atoms with Gasteiger partial charge in [0.25, 0.3) is 0 Å². The molecular weight excluding hydrogens is 314 g/mol. The number of aryl methyl sites for hydroxylation is 2. The number of nitrogens with zero attached hydrogens (tertiary/aromatic N) is 5. The first-order valence-corrected chi connectivity index (χ1v) is 9.51. The van der Waals surface area contributed by atoms with Crippen LogP contribution >= 0.6 is 0 Å². The Hall–Kier alpha value is -1.66. The number of hydrogen-bond donors (Lipinski definition) is 0. The number of likely N-dealkylation sites (tertiary alicyclic amines) is 1. The predicted octanol–water partition coefficient (Wildman–Crippen LogP) is 2.50. The van der Waals surface area contributed by atoms with Gasteiger partial charge in [-0.2, -0.15) is 5.10 Å². The number of ether oxygens (including phenoxy) is 1. The van der Waals surface area contributed by atoms with Crippen LogP contribution in [0.4, 0.5) is 0 Å². The summed E-state index contributed by atoms with van der Waals surface area (Å²) in [5, 5.41) is 4.33. The molecule has 2 fully saturated rings. The number of rotatable bonds is 4. The second-order valence-corrected chi connectivity index (χ2v) is 7.54. The molecule has 0 bridgehead atoms. The number of piperidine rings is 1. The Labute approximate surface area is 149 Å². The van der Waals surface area contributed by atoms with E-state index < -0.39 is 0 Å². The number of imidazole rings is 1. The smallest absolute Gasteiger partial charge is 0.137 e. The molecule has 2 saturated heterocycles. The summed E-state index contributed by atoms with van der Waals surface area (Å²) < 4.78 is 10.3. The molecule has 2 aromatic rings. The molecule has 136 valence electrons. The Kier molecular flexibility index (Phi) is 4.90. The van der Waals surface area contributed by atoms with Crippen LogP contribution < -0.4 is 0 Å². The van der Waals surface area contributed by atoms with E-state index >= 15 is 0 Å². The van der Waals surface area contributed by atoms with Gasteiger partial charge in [0.15, 0.2) is 0 Å². The quantitative estimate of drug-likeness (QED) is 0.856. The standard InChI is InChI=1S/C19H29N5O/c1-22-12-9-20-19(22)18-16(4-3-13-25-18)14-24-10-6-15(7-11-24)17-5-8-21-23(17)2/h5,8-9,12,15-16,18H,3-4,6-7,10-11,13-14H2,1-2H3/t16-,18+/m0/s1. The number of aromatic nitrogens is 4. The van der Waals surface area contributed by atoms with Crippen LogP contribution in [-0.4, -0.2) is 50.5 Å². The van der Waals surface area contributed by atoms with Gasteiger partial charge < -0.3 is 14.2 Å². The lowest BCUT2D eigenvalue weighted by atomic mass is 9.89. The molecule has 2 atom stereocenters. The Morgan fingerprint density at radius 1 is 1.16 bits per heavy atom. The first-order chi connectivity index (χ1) is 12.2. The average Bonchev–Trinajstić information content (AvgIpc) is 3.24.